The monoisotopic (exact) mass is 388 g/mol. The first-order valence-electron chi connectivity index (χ1n) is 7.08. The zero-order chi connectivity index (χ0) is 18.3. The van der Waals surface area contributed by atoms with Crippen molar-refractivity contribution < 1.29 is 16.8 Å². The summed E-state index contributed by atoms with van der Waals surface area (Å²) in [6.07, 6.45) is 0. The van der Waals surface area contributed by atoms with Crippen LogP contribution < -0.4 is 4.72 Å². The first-order valence-corrected chi connectivity index (χ1v) is 10.8. The molecule has 1 aromatic heterocycles. The summed E-state index contributed by atoms with van der Waals surface area (Å²) in [6, 6.07) is 6.16. The molecular formula is C15H20N2O4S3. The van der Waals surface area contributed by atoms with Crippen LogP contribution in [0.15, 0.2) is 33.4 Å². The van der Waals surface area contributed by atoms with Crippen molar-refractivity contribution in [1.29, 1.82) is 0 Å². The van der Waals surface area contributed by atoms with E-state index in [2.05, 4.69) is 4.72 Å². The Morgan fingerprint density at radius 2 is 1.62 bits per heavy atom. The quantitative estimate of drug-likeness (QED) is 0.854. The Kier molecular flexibility index (Phi) is 5.10. The molecule has 0 saturated heterocycles. The normalized spacial score (nSPS) is 12.6. The fourth-order valence-corrected chi connectivity index (χ4v) is 5.45. The van der Waals surface area contributed by atoms with Gasteiger partial charge in [0.2, 0.25) is 10.0 Å². The van der Waals surface area contributed by atoms with E-state index >= 15 is 0 Å². The molecule has 9 heteroatoms. The largest absolute Gasteiger partial charge is 0.279 e. The summed E-state index contributed by atoms with van der Waals surface area (Å²) < 4.78 is 53.5. The molecule has 24 heavy (non-hydrogen) atoms. The van der Waals surface area contributed by atoms with Crippen LogP contribution >= 0.6 is 11.3 Å². The van der Waals surface area contributed by atoms with Gasteiger partial charge in [-0.05, 0) is 56.2 Å². The lowest BCUT2D eigenvalue weighted by molar-refractivity contribution is 0.520. The predicted octanol–water partition coefficient (Wildman–Crippen LogP) is 2.72. The van der Waals surface area contributed by atoms with Crippen LogP contribution in [0.2, 0.25) is 0 Å². The highest BCUT2D eigenvalue weighted by Gasteiger charge is 2.22. The maximum absolute atomic E-state index is 12.5. The van der Waals surface area contributed by atoms with Gasteiger partial charge < -0.3 is 0 Å². The summed E-state index contributed by atoms with van der Waals surface area (Å²) in [4.78, 5) is 0.933. The molecule has 0 atom stereocenters. The topological polar surface area (TPSA) is 83.5 Å². The SMILES string of the molecule is Cc1ccc(S(=O)(=O)Nc2cc(S(=O)(=O)N(C)C)cc(C)c2C)s1. The third-order valence-electron chi connectivity index (χ3n) is 3.64. The molecule has 2 rings (SSSR count). The van der Waals surface area contributed by atoms with Gasteiger partial charge in [-0.2, -0.15) is 0 Å². The van der Waals surface area contributed by atoms with Crippen LogP contribution in [0.5, 0.6) is 0 Å². The second-order valence-corrected chi connectivity index (χ2v) is 11.0. The number of benzene rings is 1. The van der Waals surface area contributed by atoms with Crippen LogP contribution in [0.3, 0.4) is 0 Å². The minimum Gasteiger partial charge on any atom is -0.279 e. The van der Waals surface area contributed by atoms with Gasteiger partial charge in [0.05, 0.1) is 10.6 Å². The molecule has 0 aliphatic rings. The Morgan fingerprint density at radius 3 is 2.12 bits per heavy atom. The maximum atomic E-state index is 12.5. The molecule has 0 fully saturated rings. The Hall–Kier alpha value is -1.42. The van der Waals surface area contributed by atoms with Crippen LogP contribution in [0.25, 0.3) is 0 Å². The van der Waals surface area contributed by atoms with E-state index in [0.717, 1.165) is 20.5 Å². The van der Waals surface area contributed by atoms with Crippen LogP contribution in [0.1, 0.15) is 16.0 Å². The second-order valence-electron chi connectivity index (χ2n) is 5.67. The van der Waals surface area contributed by atoms with Gasteiger partial charge in [-0.15, -0.1) is 11.3 Å². The van der Waals surface area contributed by atoms with E-state index in [1.165, 1.54) is 32.3 Å². The Balaban J connectivity index is 2.53. The van der Waals surface area contributed by atoms with Gasteiger partial charge in [0, 0.05) is 19.0 Å². The smallest absolute Gasteiger partial charge is 0.271 e. The van der Waals surface area contributed by atoms with Crippen molar-refractivity contribution in [3.8, 4) is 0 Å². The number of nitrogens with one attached hydrogen (secondary N) is 1. The summed E-state index contributed by atoms with van der Waals surface area (Å²) in [5.74, 6) is 0. The first-order chi connectivity index (χ1) is 10.9. The van der Waals surface area contributed by atoms with E-state index in [4.69, 9.17) is 0 Å². The standard InChI is InChI=1S/C15H20N2O4S3/c1-10-8-13(24(20,21)17(4)5)9-14(12(10)3)16-23(18,19)15-7-6-11(2)22-15/h6-9,16H,1-5H3. The molecule has 0 aliphatic carbocycles. The molecule has 6 nitrogen and oxygen atoms in total. The highest BCUT2D eigenvalue weighted by Crippen LogP contribution is 2.29. The molecule has 0 unspecified atom stereocenters. The van der Waals surface area contributed by atoms with E-state index in [9.17, 15) is 16.8 Å². The number of anilines is 1. The van der Waals surface area contributed by atoms with Gasteiger partial charge in [-0.3, -0.25) is 4.72 Å². The minimum absolute atomic E-state index is 0.0515. The molecule has 1 heterocycles. The Morgan fingerprint density at radius 1 is 1.00 bits per heavy atom. The molecule has 0 bridgehead atoms. The minimum atomic E-state index is -3.75. The van der Waals surface area contributed by atoms with Gasteiger partial charge in [-0.25, -0.2) is 21.1 Å². The van der Waals surface area contributed by atoms with Crippen LogP contribution in [-0.4, -0.2) is 35.2 Å². The van der Waals surface area contributed by atoms with Crippen molar-refractivity contribution in [1.82, 2.24) is 4.31 Å². The molecule has 1 aromatic carbocycles. The fraction of sp³-hybridized carbons (Fsp3) is 0.333. The maximum Gasteiger partial charge on any atom is 0.271 e. The zero-order valence-electron chi connectivity index (χ0n) is 14.1. The predicted molar refractivity (Wildman–Crippen MR) is 96.7 cm³/mol. The van der Waals surface area contributed by atoms with E-state index in [1.807, 2.05) is 6.92 Å². The summed E-state index contributed by atoms with van der Waals surface area (Å²) in [5.41, 5.74) is 1.64. The molecule has 0 aliphatic heterocycles. The fourth-order valence-electron chi connectivity index (χ4n) is 2.04. The number of aryl methyl sites for hydroxylation is 2. The second kappa shape index (κ2) is 6.47. The highest BCUT2D eigenvalue weighted by atomic mass is 32.2. The molecule has 0 saturated carbocycles. The van der Waals surface area contributed by atoms with Crippen LogP contribution in [-0.2, 0) is 20.0 Å². The van der Waals surface area contributed by atoms with Gasteiger partial charge in [0.15, 0.2) is 0 Å². The molecule has 0 amide bonds. The van der Waals surface area contributed by atoms with Crippen molar-refractivity contribution in [3.63, 3.8) is 0 Å². The van der Waals surface area contributed by atoms with E-state index in [-0.39, 0.29) is 14.8 Å². The Bertz CT molecular complexity index is 974. The number of sulfonamides is 2. The lowest BCUT2D eigenvalue weighted by atomic mass is 10.1. The summed E-state index contributed by atoms with van der Waals surface area (Å²) in [5, 5.41) is 0. The van der Waals surface area contributed by atoms with Crippen molar-refractivity contribution >= 4 is 37.1 Å². The molecule has 2 aromatic rings. The van der Waals surface area contributed by atoms with Crippen molar-refractivity contribution in [2.75, 3.05) is 18.8 Å². The van der Waals surface area contributed by atoms with Gasteiger partial charge in [0.1, 0.15) is 4.21 Å². The molecule has 0 spiro atoms. The number of hydrogen-bond donors (Lipinski definition) is 1. The molecule has 132 valence electrons. The molecular weight excluding hydrogens is 368 g/mol. The lowest BCUT2D eigenvalue weighted by Gasteiger charge is -2.16. The third kappa shape index (κ3) is 3.64. The average molecular weight is 389 g/mol. The first kappa shape index (κ1) is 18.9. The van der Waals surface area contributed by atoms with Crippen molar-refractivity contribution in [2.45, 2.75) is 29.9 Å². The summed E-state index contributed by atoms with van der Waals surface area (Å²) in [6.45, 7) is 5.32. The van der Waals surface area contributed by atoms with Gasteiger partial charge in [-0.1, -0.05) is 0 Å². The lowest BCUT2D eigenvalue weighted by Crippen LogP contribution is -2.23. The van der Waals surface area contributed by atoms with Crippen molar-refractivity contribution in [3.05, 3.63) is 40.3 Å². The number of rotatable bonds is 5. The highest BCUT2D eigenvalue weighted by molar-refractivity contribution is 7.94. The Labute approximate surface area is 147 Å². The molecule has 0 radical (unpaired) electrons. The van der Waals surface area contributed by atoms with Gasteiger partial charge in [0.25, 0.3) is 10.0 Å². The average Bonchev–Trinajstić information content (AvgIpc) is 2.90. The van der Waals surface area contributed by atoms with Crippen LogP contribution in [0, 0.1) is 20.8 Å². The third-order valence-corrected chi connectivity index (χ3v) is 8.30. The zero-order valence-corrected chi connectivity index (χ0v) is 16.6. The van der Waals surface area contributed by atoms with E-state index in [1.54, 1.807) is 19.9 Å². The summed E-state index contributed by atoms with van der Waals surface area (Å²) >= 11 is 1.16. The summed E-state index contributed by atoms with van der Waals surface area (Å²) in [7, 11) is -4.54. The van der Waals surface area contributed by atoms with E-state index < -0.39 is 20.0 Å². The van der Waals surface area contributed by atoms with Gasteiger partial charge >= 0.3 is 0 Å². The number of thiophene rings is 1. The van der Waals surface area contributed by atoms with Crippen molar-refractivity contribution in [2.24, 2.45) is 0 Å². The number of nitrogens with zero attached hydrogens (tertiary/aromatic N) is 1. The number of hydrogen-bond acceptors (Lipinski definition) is 5. The van der Waals surface area contributed by atoms with Crippen LogP contribution in [0.4, 0.5) is 5.69 Å². The molecule has 1 N–H and O–H groups in total. The van der Waals surface area contributed by atoms with E-state index in [0.29, 0.717) is 11.1 Å².